The number of hydrogen-bond donors (Lipinski definition) is 2. The van der Waals surface area contributed by atoms with E-state index in [0.717, 1.165) is 22.4 Å². The van der Waals surface area contributed by atoms with Crippen LogP contribution >= 0.6 is 11.6 Å². The van der Waals surface area contributed by atoms with Crippen LogP contribution in [-0.4, -0.2) is 25.0 Å². The van der Waals surface area contributed by atoms with Crippen molar-refractivity contribution >= 4 is 40.9 Å². The summed E-state index contributed by atoms with van der Waals surface area (Å²) in [6.07, 6.45) is 2.35. The molecule has 1 atom stereocenters. The Balaban J connectivity index is 1.59. The highest BCUT2D eigenvalue weighted by atomic mass is 35.5. The molecule has 2 amide bonds. The predicted molar refractivity (Wildman–Crippen MR) is 101 cm³/mol. The summed E-state index contributed by atoms with van der Waals surface area (Å²) in [4.78, 5) is 23.9. The highest BCUT2D eigenvalue weighted by Crippen LogP contribution is 2.45. The lowest BCUT2D eigenvalue weighted by atomic mass is 9.83. The summed E-state index contributed by atoms with van der Waals surface area (Å²) in [5, 5.41) is 6.35. The number of ether oxygens (including phenoxy) is 2. The van der Waals surface area contributed by atoms with Crippen molar-refractivity contribution < 1.29 is 19.1 Å². The Bertz CT molecular complexity index is 1030. The molecule has 0 radical (unpaired) electrons. The smallest absolute Gasteiger partial charge is 0.262 e. The molecule has 136 valence electrons. The van der Waals surface area contributed by atoms with Gasteiger partial charge in [0.05, 0.1) is 5.69 Å². The number of nitrogens with one attached hydrogen (secondary N) is 2. The predicted octanol–water partition coefficient (Wildman–Crippen LogP) is 3.57. The Morgan fingerprint density at radius 2 is 1.74 bits per heavy atom. The van der Waals surface area contributed by atoms with Crippen molar-refractivity contribution in [1.29, 1.82) is 0 Å². The molecule has 2 aromatic rings. The van der Waals surface area contributed by atoms with Crippen LogP contribution in [0, 0.1) is 0 Å². The fourth-order valence-corrected chi connectivity index (χ4v) is 3.91. The Labute approximate surface area is 160 Å². The molecule has 0 aliphatic carbocycles. The van der Waals surface area contributed by atoms with E-state index in [4.69, 9.17) is 21.1 Å². The molecule has 3 aliphatic rings. The van der Waals surface area contributed by atoms with Crippen molar-refractivity contribution in [3.63, 3.8) is 0 Å². The van der Waals surface area contributed by atoms with Gasteiger partial charge < -0.3 is 20.1 Å². The zero-order valence-electron chi connectivity index (χ0n) is 14.2. The van der Waals surface area contributed by atoms with E-state index in [1.165, 1.54) is 0 Å². The van der Waals surface area contributed by atoms with Gasteiger partial charge in [-0.2, -0.15) is 0 Å². The molecule has 3 heterocycles. The molecule has 7 heteroatoms. The van der Waals surface area contributed by atoms with Crippen LogP contribution in [0.4, 0.5) is 11.4 Å². The van der Waals surface area contributed by atoms with Crippen LogP contribution in [0.1, 0.15) is 23.5 Å². The van der Waals surface area contributed by atoms with Gasteiger partial charge in [0.2, 0.25) is 5.91 Å². The van der Waals surface area contributed by atoms with Crippen LogP contribution < -0.4 is 20.1 Å². The lowest BCUT2D eigenvalue weighted by molar-refractivity contribution is -0.119. The highest BCUT2D eigenvalue weighted by molar-refractivity contribution is 6.30. The van der Waals surface area contributed by atoms with Crippen LogP contribution in [0.15, 0.2) is 35.9 Å². The van der Waals surface area contributed by atoms with Crippen molar-refractivity contribution in [2.24, 2.45) is 0 Å². The molecule has 5 rings (SSSR count). The lowest BCUT2D eigenvalue weighted by Gasteiger charge is -2.31. The van der Waals surface area contributed by atoms with E-state index in [0.29, 0.717) is 35.2 Å². The van der Waals surface area contributed by atoms with E-state index in [9.17, 15) is 9.59 Å². The van der Waals surface area contributed by atoms with Gasteiger partial charge in [-0.15, -0.1) is 0 Å². The Kier molecular flexibility index (Phi) is 3.62. The van der Waals surface area contributed by atoms with Crippen molar-refractivity contribution in [3.8, 4) is 11.5 Å². The second-order valence-electron chi connectivity index (χ2n) is 6.77. The van der Waals surface area contributed by atoms with E-state index in [-0.39, 0.29) is 24.3 Å². The number of carbonyl (C=O) groups excluding carboxylic acids is 2. The number of rotatable bonds is 1. The number of amides is 2. The van der Waals surface area contributed by atoms with Crippen molar-refractivity contribution in [1.82, 2.24) is 0 Å². The first-order valence-electron chi connectivity index (χ1n) is 8.60. The molecule has 0 saturated heterocycles. The van der Waals surface area contributed by atoms with Gasteiger partial charge >= 0.3 is 0 Å². The van der Waals surface area contributed by atoms with Crippen LogP contribution in [0.25, 0.3) is 6.08 Å². The van der Waals surface area contributed by atoms with Crippen molar-refractivity contribution in [2.75, 3.05) is 23.8 Å². The van der Waals surface area contributed by atoms with E-state index >= 15 is 0 Å². The molecular formula is C20H15ClN2O4. The van der Waals surface area contributed by atoms with E-state index in [2.05, 4.69) is 10.6 Å². The molecule has 0 saturated carbocycles. The van der Waals surface area contributed by atoms with Gasteiger partial charge in [0.1, 0.15) is 18.1 Å². The third-order valence-electron chi connectivity index (χ3n) is 4.98. The molecule has 2 aromatic carbocycles. The van der Waals surface area contributed by atoms with Gasteiger partial charge in [0.25, 0.3) is 5.91 Å². The summed E-state index contributed by atoms with van der Waals surface area (Å²) in [5.74, 6) is 0.924. The van der Waals surface area contributed by atoms with E-state index in [1.54, 1.807) is 12.1 Å². The first-order valence-corrected chi connectivity index (χ1v) is 8.98. The topological polar surface area (TPSA) is 76.7 Å². The van der Waals surface area contributed by atoms with Crippen molar-refractivity contribution in [2.45, 2.75) is 12.3 Å². The SMILES string of the molecule is O=C1COc2cc3c(cc2N1)[C@@H](C1=Cc2cc(Cl)ccc2OC1)CC(=O)N3. The molecule has 0 aromatic heterocycles. The van der Waals surface area contributed by atoms with Gasteiger partial charge in [-0.25, -0.2) is 0 Å². The summed E-state index contributed by atoms with van der Waals surface area (Å²) < 4.78 is 11.3. The maximum absolute atomic E-state index is 12.3. The number of anilines is 2. The molecular weight excluding hydrogens is 368 g/mol. The zero-order chi connectivity index (χ0) is 18.5. The summed E-state index contributed by atoms with van der Waals surface area (Å²) in [7, 11) is 0. The Morgan fingerprint density at radius 1 is 0.926 bits per heavy atom. The van der Waals surface area contributed by atoms with Crippen LogP contribution in [-0.2, 0) is 9.59 Å². The Morgan fingerprint density at radius 3 is 2.63 bits per heavy atom. The van der Waals surface area contributed by atoms with E-state index < -0.39 is 0 Å². The maximum atomic E-state index is 12.3. The summed E-state index contributed by atoms with van der Waals surface area (Å²) >= 11 is 6.10. The number of benzene rings is 2. The number of halogens is 1. The van der Waals surface area contributed by atoms with Gasteiger partial charge in [-0.1, -0.05) is 11.6 Å². The largest absolute Gasteiger partial charge is 0.489 e. The first kappa shape index (κ1) is 16.2. The standard InChI is InChI=1S/C20H15ClN2O4/c21-12-1-2-17-10(4-12)3-11(8-26-17)13-6-19(24)22-15-7-18-16(5-14(13)15)23-20(25)9-27-18/h1-5,7,13H,6,8-9H2,(H,22,24)(H,23,25)/t13-/m1/s1. The quantitative estimate of drug-likeness (QED) is 0.790. The van der Waals surface area contributed by atoms with Crippen LogP contribution in [0.5, 0.6) is 11.5 Å². The minimum absolute atomic E-state index is 0.0281. The normalized spacial score (nSPS) is 20.0. The van der Waals surface area contributed by atoms with Crippen LogP contribution in [0.3, 0.4) is 0 Å². The molecule has 0 bridgehead atoms. The number of fused-ring (bicyclic) bond motifs is 3. The molecule has 0 unspecified atom stereocenters. The summed E-state index contributed by atoms with van der Waals surface area (Å²) in [6, 6.07) is 9.12. The fourth-order valence-electron chi connectivity index (χ4n) is 3.73. The van der Waals surface area contributed by atoms with Crippen LogP contribution in [0.2, 0.25) is 5.02 Å². The maximum Gasteiger partial charge on any atom is 0.262 e. The number of hydrogen-bond acceptors (Lipinski definition) is 4. The second kappa shape index (κ2) is 6.03. The third-order valence-corrected chi connectivity index (χ3v) is 5.21. The molecule has 0 fully saturated rings. The minimum Gasteiger partial charge on any atom is -0.489 e. The Hall–Kier alpha value is -2.99. The monoisotopic (exact) mass is 382 g/mol. The fraction of sp³-hybridized carbons (Fsp3) is 0.200. The molecule has 3 aliphatic heterocycles. The average Bonchev–Trinajstić information content (AvgIpc) is 2.65. The molecule has 27 heavy (non-hydrogen) atoms. The van der Waals surface area contributed by atoms with Gasteiger partial charge in [0, 0.05) is 34.7 Å². The lowest BCUT2D eigenvalue weighted by Crippen LogP contribution is -2.29. The molecule has 6 nitrogen and oxygen atoms in total. The summed E-state index contributed by atoms with van der Waals surface area (Å²) in [5.41, 5.74) is 4.13. The van der Waals surface area contributed by atoms with E-state index in [1.807, 2.05) is 24.3 Å². The van der Waals surface area contributed by atoms with Gasteiger partial charge in [0.15, 0.2) is 6.61 Å². The average molecular weight is 383 g/mol. The first-order chi connectivity index (χ1) is 13.1. The number of carbonyl (C=O) groups is 2. The highest BCUT2D eigenvalue weighted by Gasteiger charge is 2.32. The summed E-state index contributed by atoms with van der Waals surface area (Å²) in [6.45, 7) is 0.367. The minimum atomic E-state index is -0.192. The second-order valence-corrected chi connectivity index (χ2v) is 7.20. The third kappa shape index (κ3) is 2.82. The molecule has 2 N–H and O–H groups in total. The zero-order valence-corrected chi connectivity index (χ0v) is 14.9. The molecule has 0 spiro atoms. The van der Waals surface area contributed by atoms with Gasteiger partial charge in [-0.05, 0) is 41.5 Å². The van der Waals surface area contributed by atoms with Crippen molar-refractivity contribution in [3.05, 3.63) is 52.1 Å². The van der Waals surface area contributed by atoms with Gasteiger partial charge in [-0.3, -0.25) is 9.59 Å².